The first kappa shape index (κ1) is 15.6. The molecule has 24 heavy (non-hydrogen) atoms. The topological polar surface area (TPSA) is 96.8 Å². The van der Waals surface area contributed by atoms with Gasteiger partial charge >= 0.3 is 0 Å². The van der Waals surface area contributed by atoms with Gasteiger partial charge in [-0.1, -0.05) is 30.3 Å². The van der Waals surface area contributed by atoms with Gasteiger partial charge in [0.05, 0.1) is 18.2 Å². The molecule has 1 unspecified atom stereocenters. The van der Waals surface area contributed by atoms with Crippen LogP contribution in [0.2, 0.25) is 0 Å². The summed E-state index contributed by atoms with van der Waals surface area (Å²) in [6.45, 7) is 0.268. The molecule has 3 aromatic rings. The molecule has 2 aromatic carbocycles. The van der Waals surface area contributed by atoms with Gasteiger partial charge in [0.25, 0.3) is 0 Å². The second-order valence-electron chi connectivity index (χ2n) is 5.13. The molecule has 7 heteroatoms. The molecule has 1 N–H and O–H groups in total. The Morgan fingerprint density at radius 1 is 1.12 bits per heavy atom. The van der Waals surface area contributed by atoms with Crippen LogP contribution < -0.4 is 4.74 Å². The SMILES string of the molecule is N#Cc1ccc(OCC(O)Cn2nnc(-c3ccccc3)n2)cc1. The van der Waals surface area contributed by atoms with Gasteiger partial charge in [0, 0.05) is 5.56 Å². The van der Waals surface area contributed by atoms with Crippen molar-refractivity contribution in [2.24, 2.45) is 0 Å². The van der Waals surface area contributed by atoms with Gasteiger partial charge in [-0.05, 0) is 29.5 Å². The first-order valence-electron chi connectivity index (χ1n) is 7.39. The van der Waals surface area contributed by atoms with Crippen molar-refractivity contribution in [1.82, 2.24) is 20.2 Å². The first-order valence-corrected chi connectivity index (χ1v) is 7.39. The summed E-state index contributed by atoms with van der Waals surface area (Å²) in [5.41, 5.74) is 1.43. The third-order valence-corrected chi connectivity index (χ3v) is 3.28. The Kier molecular flexibility index (Phi) is 4.79. The second kappa shape index (κ2) is 7.35. The van der Waals surface area contributed by atoms with Crippen molar-refractivity contribution in [3.05, 3.63) is 60.2 Å². The van der Waals surface area contributed by atoms with Gasteiger partial charge in [-0.3, -0.25) is 0 Å². The van der Waals surface area contributed by atoms with E-state index in [0.29, 0.717) is 17.1 Å². The van der Waals surface area contributed by atoms with Gasteiger partial charge in [-0.25, -0.2) is 0 Å². The fourth-order valence-electron chi connectivity index (χ4n) is 2.08. The standard InChI is InChI=1S/C17H15N5O2/c18-10-13-6-8-16(9-7-13)24-12-15(23)11-22-20-17(19-21-22)14-4-2-1-3-5-14/h1-9,15,23H,11-12H2. The predicted molar refractivity (Wildman–Crippen MR) is 85.9 cm³/mol. The zero-order valence-corrected chi connectivity index (χ0v) is 12.8. The Hall–Kier alpha value is -3.24. The number of aromatic nitrogens is 4. The molecule has 3 rings (SSSR count). The highest BCUT2D eigenvalue weighted by Gasteiger charge is 2.11. The van der Waals surface area contributed by atoms with Crippen LogP contribution in [0.4, 0.5) is 0 Å². The minimum Gasteiger partial charge on any atom is -0.491 e. The molecule has 0 bridgehead atoms. The van der Waals surface area contributed by atoms with E-state index in [1.54, 1.807) is 24.3 Å². The molecule has 0 aliphatic heterocycles. The van der Waals surface area contributed by atoms with Crippen LogP contribution in [0, 0.1) is 11.3 Å². The number of rotatable bonds is 6. The zero-order valence-electron chi connectivity index (χ0n) is 12.8. The van der Waals surface area contributed by atoms with Crippen LogP contribution in [0.1, 0.15) is 5.56 Å². The molecule has 1 heterocycles. The van der Waals surface area contributed by atoms with E-state index in [-0.39, 0.29) is 13.2 Å². The summed E-state index contributed by atoms with van der Waals surface area (Å²) in [6, 6.07) is 18.2. The Bertz CT molecular complexity index is 824. The number of ether oxygens (including phenoxy) is 1. The van der Waals surface area contributed by atoms with Crippen LogP contribution in [-0.2, 0) is 6.54 Å². The fraction of sp³-hybridized carbons (Fsp3) is 0.176. The van der Waals surface area contributed by atoms with Crippen LogP contribution in [0.5, 0.6) is 5.75 Å². The molecular weight excluding hydrogens is 306 g/mol. The van der Waals surface area contributed by atoms with Crippen molar-refractivity contribution in [2.75, 3.05) is 6.61 Å². The van der Waals surface area contributed by atoms with E-state index in [1.165, 1.54) is 4.80 Å². The van der Waals surface area contributed by atoms with Crippen LogP contribution in [0.15, 0.2) is 54.6 Å². The lowest BCUT2D eigenvalue weighted by molar-refractivity contribution is 0.0850. The molecule has 0 spiro atoms. The van der Waals surface area contributed by atoms with Crippen LogP contribution in [0.3, 0.4) is 0 Å². The van der Waals surface area contributed by atoms with Gasteiger partial charge in [-0.2, -0.15) is 10.1 Å². The van der Waals surface area contributed by atoms with E-state index in [4.69, 9.17) is 10.00 Å². The lowest BCUT2D eigenvalue weighted by atomic mass is 10.2. The average Bonchev–Trinajstić information content (AvgIpc) is 3.09. The maximum absolute atomic E-state index is 10.0. The van der Waals surface area contributed by atoms with Gasteiger partial charge in [0.2, 0.25) is 5.82 Å². The van der Waals surface area contributed by atoms with E-state index >= 15 is 0 Å². The van der Waals surface area contributed by atoms with Crippen LogP contribution >= 0.6 is 0 Å². The largest absolute Gasteiger partial charge is 0.491 e. The highest BCUT2D eigenvalue weighted by atomic mass is 16.5. The highest BCUT2D eigenvalue weighted by molar-refractivity contribution is 5.52. The second-order valence-corrected chi connectivity index (χ2v) is 5.13. The molecule has 7 nitrogen and oxygen atoms in total. The Balaban J connectivity index is 1.54. The number of hydrogen-bond donors (Lipinski definition) is 1. The van der Waals surface area contributed by atoms with E-state index in [1.807, 2.05) is 36.4 Å². The normalized spacial score (nSPS) is 11.7. The van der Waals surface area contributed by atoms with E-state index in [2.05, 4.69) is 15.4 Å². The van der Waals surface area contributed by atoms with E-state index in [9.17, 15) is 5.11 Å². The molecule has 0 saturated heterocycles. The molecule has 1 atom stereocenters. The van der Waals surface area contributed by atoms with Crippen molar-refractivity contribution in [2.45, 2.75) is 12.6 Å². The van der Waals surface area contributed by atoms with Crippen molar-refractivity contribution in [1.29, 1.82) is 5.26 Å². The smallest absolute Gasteiger partial charge is 0.204 e. The van der Waals surface area contributed by atoms with Crippen molar-refractivity contribution in [3.8, 4) is 23.2 Å². The highest BCUT2D eigenvalue weighted by Crippen LogP contribution is 2.13. The predicted octanol–water partition coefficient (Wildman–Crippen LogP) is 1.65. The fourth-order valence-corrected chi connectivity index (χ4v) is 2.08. The zero-order chi connectivity index (χ0) is 16.8. The number of hydrogen-bond acceptors (Lipinski definition) is 6. The number of aliphatic hydroxyl groups excluding tert-OH is 1. The minimum atomic E-state index is -0.779. The number of tetrazole rings is 1. The third-order valence-electron chi connectivity index (χ3n) is 3.28. The maximum atomic E-state index is 10.0. The molecule has 0 saturated carbocycles. The lowest BCUT2D eigenvalue weighted by Crippen LogP contribution is -2.24. The molecule has 0 amide bonds. The average molecular weight is 321 g/mol. The molecule has 0 fully saturated rings. The Morgan fingerprint density at radius 2 is 1.88 bits per heavy atom. The monoisotopic (exact) mass is 321 g/mol. The van der Waals surface area contributed by atoms with Crippen molar-refractivity contribution >= 4 is 0 Å². The lowest BCUT2D eigenvalue weighted by Gasteiger charge is -2.11. The summed E-state index contributed by atoms with van der Waals surface area (Å²) in [5.74, 6) is 1.10. The minimum absolute atomic E-state index is 0.0914. The molecule has 120 valence electrons. The summed E-state index contributed by atoms with van der Waals surface area (Å²) >= 11 is 0. The van der Waals surface area contributed by atoms with Crippen molar-refractivity contribution in [3.63, 3.8) is 0 Å². The molecule has 0 aliphatic carbocycles. The molecular formula is C17H15N5O2. The summed E-state index contributed by atoms with van der Waals surface area (Å²) in [5, 5.41) is 30.9. The Morgan fingerprint density at radius 3 is 2.58 bits per heavy atom. The van der Waals surface area contributed by atoms with Crippen LogP contribution in [0.25, 0.3) is 11.4 Å². The van der Waals surface area contributed by atoms with E-state index < -0.39 is 6.10 Å². The summed E-state index contributed by atoms with van der Waals surface area (Å²) < 4.78 is 5.48. The van der Waals surface area contributed by atoms with Crippen LogP contribution in [-0.4, -0.2) is 38.0 Å². The molecule has 1 aromatic heterocycles. The maximum Gasteiger partial charge on any atom is 0.204 e. The Labute approximate surface area is 138 Å². The number of benzene rings is 2. The quantitative estimate of drug-likeness (QED) is 0.741. The van der Waals surface area contributed by atoms with Crippen molar-refractivity contribution < 1.29 is 9.84 Å². The third kappa shape index (κ3) is 3.94. The summed E-state index contributed by atoms with van der Waals surface area (Å²) in [7, 11) is 0. The number of nitriles is 1. The van der Waals surface area contributed by atoms with Gasteiger partial charge < -0.3 is 9.84 Å². The van der Waals surface area contributed by atoms with Gasteiger partial charge in [0.15, 0.2) is 0 Å². The van der Waals surface area contributed by atoms with Gasteiger partial charge in [0.1, 0.15) is 18.5 Å². The summed E-state index contributed by atoms with van der Waals surface area (Å²) in [4.78, 5) is 1.34. The van der Waals surface area contributed by atoms with Gasteiger partial charge in [-0.15, -0.1) is 10.2 Å². The first-order chi connectivity index (χ1) is 11.7. The number of nitrogens with zero attached hydrogens (tertiary/aromatic N) is 5. The molecule has 0 radical (unpaired) electrons. The van der Waals surface area contributed by atoms with E-state index in [0.717, 1.165) is 5.56 Å². The number of aliphatic hydroxyl groups is 1. The summed E-state index contributed by atoms with van der Waals surface area (Å²) in [6.07, 6.45) is -0.779. The molecule has 0 aliphatic rings.